The van der Waals surface area contributed by atoms with Crippen molar-refractivity contribution >= 4 is 0 Å². The van der Waals surface area contributed by atoms with Crippen LogP contribution in [0.4, 0.5) is 0 Å². The van der Waals surface area contributed by atoms with Crippen LogP contribution in [0.25, 0.3) is 0 Å². The van der Waals surface area contributed by atoms with E-state index in [9.17, 15) is 5.11 Å². The van der Waals surface area contributed by atoms with Crippen LogP contribution in [0.5, 0.6) is 0 Å². The Balaban J connectivity index is 2.72. The maximum absolute atomic E-state index is 10.5. The summed E-state index contributed by atoms with van der Waals surface area (Å²) in [5.74, 6) is 0. The number of aliphatic hydroxyl groups is 1. The predicted molar refractivity (Wildman–Crippen MR) is 68.4 cm³/mol. The highest BCUT2D eigenvalue weighted by Crippen LogP contribution is 2.22. The maximum atomic E-state index is 10.5. The van der Waals surface area contributed by atoms with Crippen LogP contribution in [0.2, 0.25) is 0 Å². The van der Waals surface area contributed by atoms with Gasteiger partial charge in [0.2, 0.25) is 0 Å². The van der Waals surface area contributed by atoms with Gasteiger partial charge in [0.15, 0.2) is 0 Å². The molecule has 1 aromatic carbocycles. The molecule has 1 rings (SSSR count). The number of hydrogen-bond donors (Lipinski definition) is 1. The Morgan fingerprint density at radius 2 is 1.88 bits per heavy atom. The van der Waals surface area contributed by atoms with Crippen LogP contribution in [0.3, 0.4) is 0 Å². The average Bonchev–Trinajstić information content (AvgIpc) is 2.28. The molecular formula is C14H23NO. The summed E-state index contributed by atoms with van der Waals surface area (Å²) < 4.78 is 0. The van der Waals surface area contributed by atoms with E-state index >= 15 is 0 Å². The number of rotatable bonds is 5. The zero-order valence-corrected chi connectivity index (χ0v) is 10.8. The van der Waals surface area contributed by atoms with Gasteiger partial charge in [-0.2, -0.15) is 0 Å². The molecule has 0 aliphatic rings. The molecule has 0 heterocycles. The topological polar surface area (TPSA) is 23.5 Å². The number of nitrogens with zero attached hydrogens (tertiary/aromatic N) is 1. The van der Waals surface area contributed by atoms with Gasteiger partial charge in [-0.1, -0.05) is 37.3 Å². The van der Waals surface area contributed by atoms with Gasteiger partial charge in [0.05, 0.1) is 5.60 Å². The van der Waals surface area contributed by atoms with Crippen molar-refractivity contribution in [2.24, 2.45) is 0 Å². The second kappa shape index (κ2) is 5.46. The molecule has 0 aromatic heterocycles. The van der Waals surface area contributed by atoms with E-state index in [0.717, 1.165) is 12.0 Å². The minimum absolute atomic E-state index is 0.496. The first-order valence-electron chi connectivity index (χ1n) is 5.95. The lowest BCUT2D eigenvalue weighted by atomic mass is 9.95. The molecule has 2 unspecified atom stereocenters. The minimum atomic E-state index is -0.778. The molecule has 0 spiro atoms. The molecule has 16 heavy (non-hydrogen) atoms. The van der Waals surface area contributed by atoms with E-state index in [2.05, 4.69) is 25.8 Å². The Labute approximate surface area is 98.9 Å². The fraction of sp³-hybridized carbons (Fsp3) is 0.571. The van der Waals surface area contributed by atoms with Crippen molar-refractivity contribution in [2.45, 2.75) is 38.8 Å². The first-order chi connectivity index (χ1) is 7.47. The van der Waals surface area contributed by atoms with Crippen LogP contribution in [0.15, 0.2) is 30.3 Å². The summed E-state index contributed by atoms with van der Waals surface area (Å²) in [4.78, 5) is 2.20. The van der Waals surface area contributed by atoms with Gasteiger partial charge < -0.3 is 10.0 Å². The monoisotopic (exact) mass is 221 g/mol. The maximum Gasteiger partial charge on any atom is 0.0994 e. The molecule has 90 valence electrons. The molecule has 0 aliphatic carbocycles. The zero-order valence-electron chi connectivity index (χ0n) is 10.8. The highest BCUT2D eigenvalue weighted by atomic mass is 16.3. The van der Waals surface area contributed by atoms with Crippen molar-refractivity contribution in [1.29, 1.82) is 0 Å². The normalized spacial score (nSPS) is 17.1. The summed E-state index contributed by atoms with van der Waals surface area (Å²) >= 11 is 0. The summed E-state index contributed by atoms with van der Waals surface area (Å²) in [5, 5.41) is 10.5. The number of benzene rings is 1. The van der Waals surface area contributed by atoms with Gasteiger partial charge in [0, 0.05) is 12.6 Å². The standard InChI is InChI=1S/C14H23NO/c1-5-12(2)15(4)11-14(3,16)13-9-7-6-8-10-13/h6-10,12,16H,5,11H2,1-4H3. The molecule has 0 fully saturated rings. The molecule has 0 amide bonds. The molecule has 2 heteroatoms. The van der Waals surface area contributed by atoms with Crippen molar-refractivity contribution in [1.82, 2.24) is 4.90 Å². The third kappa shape index (κ3) is 3.32. The van der Waals surface area contributed by atoms with E-state index in [4.69, 9.17) is 0 Å². The summed E-state index contributed by atoms with van der Waals surface area (Å²) in [6.07, 6.45) is 1.10. The van der Waals surface area contributed by atoms with Gasteiger partial charge in [-0.15, -0.1) is 0 Å². The lowest BCUT2D eigenvalue weighted by Crippen LogP contribution is -2.40. The summed E-state index contributed by atoms with van der Waals surface area (Å²) in [5.41, 5.74) is 0.199. The van der Waals surface area contributed by atoms with Crippen molar-refractivity contribution in [3.8, 4) is 0 Å². The molecular weight excluding hydrogens is 198 g/mol. The Morgan fingerprint density at radius 3 is 2.38 bits per heavy atom. The van der Waals surface area contributed by atoms with Crippen LogP contribution >= 0.6 is 0 Å². The predicted octanol–water partition coefficient (Wildman–Crippen LogP) is 2.62. The highest BCUT2D eigenvalue weighted by molar-refractivity contribution is 5.21. The first-order valence-corrected chi connectivity index (χ1v) is 5.95. The van der Waals surface area contributed by atoms with Crippen molar-refractivity contribution in [2.75, 3.05) is 13.6 Å². The zero-order chi connectivity index (χ0) is 12.2. The van der Waals surface area contributed by atoms with E-state index in [-0.39, 0.29) is 0 Å². The SMILES string of the molecule is CCC(C)N(C)CC(C)(O)c1ccccc1. The lowest BCUT2D eigenvalue weighted by molar-refractivity contribution is 0.0131. The molecule has 0 radical (unpaired) electrons. The molecule has 0 aliphatic heterocycles. The second-order valence-electron chi connectivity index (χ2n) is 4.81. The molecule has 0 bridgehead atoms. The lowest BCUT2D eigenvalue weighted by Gasteiger charge is -2.32. The fourth-order valence-electron chi connectivity index (χ4n) is 1.84. The number of likely N-dealkylation sites (N-methyl/N-ethyl adjacent to an activating group) is 1. The molecule has 0 saturated heterocycles. The molecule has 1 N–H and O–H groups in total. The van der Waals surface area contributed by atoms with E-state index in [1.54, 1.807) is 0 Å². The molecule has 2 atom stereocenters. The van der Waals surface area contributed by atoms with Gasteiger partial charge in [-0.25, -0.2) is 0 Å². The van der Waals surface area contributed by atoms with Gasteiger partial charge in [-0.05, 0) is 32.9 Å². The van der Waals surface area contributed by atoms with Crippen LogP contribution in [-0.2, 0) is 5.60 Å². The first kappa shape index (κ1) is 13.2. The summed E-state index contributed by atoms with van der Waals surface area (Å²) in [7, 11) is 2.06. The Bertz CT molecular complexity index is 308. The van der Waals surface area contributed by atoms with Crippen molar-refractivity contribution in [3.63, 3.8) is 0 Å². The number of hydrogen-bond acceptors (Lipinski definition) is 2. The fourth-order valence-corrected chi connectivity index (χ4v) is 1.84. The quantitative estimate of drug-likeness (QED) is 0.826. The Hall–Kier alpha value is -0.860. The third-order valence-corrected chi connectivity index (χ3v) is 3.30. The minimum Gasteiger partial charge on any atom is -0.384 e. The van der Waals surface area contributed by atoms with Crippen LogP contribution in [0.1, 0.15) is 32.8 Å². The Kier molecular flexibility index (Phi) is 4.51. The highest BCUT2D eigenvalue weighted by Gasteiger charge is 2.25. The van der Waals surface area contributed by atoms with Gasteiger partial charge in [0.25, 0.3) is 0 Å². The van der Waals surface area contributed by atoms with Crippen LogP contribution < -0.4 is 0 Å². The van der Waals surface area contributed by atoms with Crippen molar-refractivity contribution < 1.29 is 5.11 Å². The molecule has 0 saturated carbocycles. The van der Waals surface area contributed by atoms with E-state index < -0.39 is 5.60 Å². The summed E-state index contributed by atoms with van der Waals surface area (Å²) in [6, 6.07) is 10.3. The van der Waals surface area contributed by atoms with E-state index in [1.807, 2.05) is 37.3 Å². The second-order valence-corrected chi connectivity index (χ2v) is 4.81. The average molecular weight is 221 g/mol. The van der Waals surface area contributed by atoms with Crippen LogP contribution in [0, 0.1) is 0 Å². The summed E-state index contributed by atoms with van der Waals surface area (Å²) in [6.45, 7) is 6.88. The van der Waals surface area contributed by atoms with Crippen LogP contribution in [-0.4, -0.2) is 29.6 Å². The van der Waals surface area contributed by atoms with E-state index in [0.29, 0.717) is 12.6 Å². The van der Waals surface area contributed by atoms with E-state index in [1.165, 1.54) is 0 Å². The third-order valence-electron chi connectivity index (χ3n) is 3.30. The van der Waals surface area contributed by atoms with Crippen molar-refractivity contribution in [3.05, 3.63) is 35.9 Å². The largest absolute Gasteiger partial charge is 0.384 e. The smallest absolute Gasteiger partial charge is 0.0994 e. The molecule has 1 aromatic rings. The Morgan fingerprint density at radius 1 is 1.31 bits per heavy atom. The van der Waals surface area contributed by atoms with Gasteiger partial charge >= 0.3 is 0 Å². The van der Waals surface area contributed by atoms with Gasteiger partial charge in [-0.3, -0.25) is 0 Å². The molecule has 2 nitrogen and oxygen atoms in total. The van der Waals surface area contributed by atoms with Gasteiger partial charge in [0.1, 0.15) is 0 Å².